The molecule has 0 atom stereocenters. The van der Waals surface area contributed by atoms with Crippen LogP contribution in [0.15, 0.2) is 29.3 Å². The van der Waals surface area contributed by atoms with Crippen molar-refractivity contribution >= 4 is 29.0 Å². The van der Waals surface area contributed by atoms with Crippen LogP contribution in [0.3, 0.4) is 0 Å². The van der Waals surface area contributed by atoms with Crippen molar-refractivity contribution in [2.45, 2.75) is 32.7 Å². The van der Waals surface area contributed by atoms with E-state index in [4.69, 9.17) is 4.11 Å². The monoisotopic (exact) mass is 397 g/mol. The van der Waals surface area contributed by atoms with Crippen LogP contribution >= 0.6 is 0 Å². The van der Waals surface area contributed by atoms with Gasteiger partial charge in [0, 0.05) is 41.5 Å². The quantitative estimate of drug-likeness (QED) is 0.678. The fourth-order valence-corrected chi connectivity index (χ4v) is 3.21. The molecule has 1 fully saturated rings. The first-order valence-electron chi connectivity index (χ1n) is 10.9. The minimum absolute atomic E-state index is 0.0373. The van der Waals surface area contributed by atoms with Crippen molar-refractivity contribution in [3.8, 4) is 0 Å². The number of hydrogen-bond acceptors (Lipinski definition) is 6. The molecule has 3 N–H and O–H groups in total. The molecular weight excluding hydrogens is 372 g/mol. The van der Waals surface area contributed by atoms with Crippen LogP contribution < -0.4 is 21.5 Å². The minimum Gasteiger partial charge on any atom is -0.355 e. The van der Waals surface area contributed by atoms with Crippen molar-refractivity contribution in [2.24, 2.45) is 5.92 Å². The number of pyridine rings is 1. The number of nitrogens with one attached hydrogen (secondary N) is 3. The maximum atomic E-state index is 12.8. The number of amides is 2. The van der Waals surface area contributed by atoms with Gasteiger partial charge in [-0.2, -0.15) is 5.10 Å². The van der Waals surface area contributed by atoms with Gasteiger partial charge in [0.1, 0.15) is 5.82 Å². The number of fused-ring (bicyclic) bond motifs is 1. The van der Waals surface area contributed by atoms with E-state index in [1.54, 1.807) is 12.3 Å². The van der Waals surface area contributed by atoms with E-state index in [9.17, 15) is 14.4 Å². The summed E-state index contributed by atoms with van der Waals surface area (Å²) in [5, 5.41) is 11.8. The highest BCUT2D eigenvalue weighted by molar-refractivity contribution is 6.02. The predicted octanol–water partition coefficient (Wildman–Crippen LogP) is 1.38. The molecule has 0 aromatic carbocycles. The molecular formula is C20H22N6O3. The molecule has 0 aliphatic heterocycles. The highest BCUT2D eigenvalue weighted by atomic mass is 16.2. The predicted molar refractivity (Wildman–Crippen MR) is 108 cm³/mol. The maximum absolute atomic E-state index is 12.8. The SMILES string of the molecule is [2H]C([2H])([2H])NC(=O)c1cnc(NC(=O)C2CC2)cc1NC1=CCc2cnn(CC)c(=O)c21. The van der Waals surface area contributed by atoms with E-state index in [-0.39, 0.29) is 34.5 Å². The summed E-state index contributed by atoms with van der Waals surface area (Å²) in [6.07, 6.45) is 6.73. The van der Waals surface area contributed by atoms with Gasteiger partial charge < -0.3 is 16.0 Å². The molecule has 29 heavy (non-hydrogen) atoms. The lowest BCUT2D eigenvalue weighted by Crippen LogP contribution is -2.27. The van der Waals surface area contributed by atoms with Crippen molar-refractivity contribution in [3.05, 3.63) is 51.6 Å². The summed E-state index contributed by atoms with van der Waals surface area (Å²) in [7, 11) is 0. The molecule has 2 amide bonds. The van der Waals surface area contributed by atoms with E-state index in [2.05, 4.69) is 20.7 Å². The van der Waals surface area contributed by atoms with Gasteiger partial charge in [0.15, 0.2) is 0 Å². The van der Waals surface area contributed by atoms with Crippen LogP contribution in [-0.4, -0.2) is 33.6 Å². The van der Waals surface area contributed by atoms with Gasteiger partial charge in [-0.3, -0.25) is 14.4 Å². The second-order valence-electron chi connectivity index (χ2n) is 6.95. The van der Waals surface area contributed by atoms with Crippen LogP contribution in [0.2, 0.25) is 0 Å². The Morgan fingerprint density at radius 2 is 2.17 bits per heavy atom. The summed E-state index contributed by atoms with van der Waals surface area (Å²) < 4.78 is 23.2. The van der Waals surface area contributed by atoms with Gasteiger partial charge in [-0.1, -0.05) is 6.08 Å². The Hall–Kier alpha value is -3.49. The van der Waals surface area contributed by atoms with E-state index in [1.165, 1.54) is 16.9 Å². The summed E-state index contributed by atoms with van der Waals surface area (Å²) in [4.78, 5) is 41.6. The molecule has 0 radical (unpaired) electrons. The van der Waals surface area contributed by atoms with Gasteiger partial charge in [-0.25, -0.2) is 9.67 Å². The number of hydrogen-bond donors (Lipinski definition) is 3. The minimum atomic E-state index is -2.69. The molecule has 9 nitrogen and oxygen atoms in total. The fraction of sp³-hybridized carbons (Fsp3) is 0.350. The maximum Gasteiger partial charge on any atom is 0.276 e. The van der Waals surface area contributed by atoms with Gasteiger partial charge in [-0.05, 0) is 31.7 Å². The second-order valence-corrected chi connectivity index (χ2v) is 6.95. The Bertz CT molecular complexity index is 1180. The van der Waals surface area contributed by atoms with E-state index >= 15 is 0 Å². The van der Waals surface area contributed by atoms with E-state index in [0.29, 0.717) is 24.2 Å². The Morgan fingerprint density at radius 1 is 1.34 bits per heavy atom. The van der Waals surface area contributed by atoms with Crippen LogP contribution in [0.4, 0.5) is 11.5 Å². The summed E-state index contributed by atoms with van der Waals surface area (Å²) >= 11 is 0. The van der Waals surface area contributed by atoms with Crippen molar-refractivity contribution < 1.29 is 13.7 Å². The number of allylic oxidation sites excluding steroid dienone is 1. The van der Waals surface area contributed by atoms with Crippen LogP contribution in [-0.2, 0) is 17.8 Å². The Kier molecular flexibility index (Phi) is 3.99. The van der Waals surface area contributed by atoms with Gasteiger partial charge >= 0.3 is 0 Å². The topological polar surface area (TPSA) is 118 Å². The molecule has 9 heteroatoms. The smallest absolute Gasteiger partial charge is 0.276 e. The molecule has 0 spiro atoms. The third kappa shape index (κ3) is 3.63. The number of anilines is 2. The molecule has 2 aliphatic carbocycles. The second kappa shape index (κ2) is 7.50. The lowest BCUT2D eigenvalue weighted by molar-refractivity contribution is -0.117. The molecule has 2 aromatic rings. The van der Waals surface area contributed by atoms with Crippen LogP contribution in [0.25, 0.3) is 5.70 Å². The molecule has 2 heterocycles. The molecule has 2 aromatic heterocycles. The summed E-state index contributed by atoms with van der Waals surface area (Å²) in [6.45, 7) is -0.479. The van der Waals surface area contributed by atoms with Crippen molar-refractivity contribution in [1.29, 1.82) is 0 Å². The number of carbonyl (C=O) groups excluding carboxylic acids is 2. The number of aryl methyl sites for hydroxylation is 1. The van der Waals surface area contributed by atoms with Crippen molar-refractivity contribution in [3.63, 3.8) is 0 Å². The number of carbonyl (C=O) groups is 2. The van der Waals surface area contributed by atoms with E-state index < -0.39 is 12.9 Å². The van der Waals surface area contributed by atoms with E-state index in [1.807, 2.05) is 12.2 Å². The van der Waals surface area contributed by atoms with Gasteiger partial charge in [-0.15, -0.1) is 0 Å². The lowest BCUT2D eigenvalue weighted by atomic mass is 10.1. The molecule has 0 unspecified atom stereocenters. The molecule has 0 bridgehead atoms. The Labute approximate surface area is 171 Å². The summed E-state index contributed by atoms with van der Waals surface area (Å²) in [5.74, 6) is -0.851. The van der Waals surface area contributed by atoms with Crippen molar-refractivity contribution in [2.75, 3.05) is 17.6 Å². The molecule has 1 saturated carbocycles. The fourth-order valence-electron chi connectivity index (χ4n) is 3.21. The highest BCUT2D eigenvalue weighted by Gasteiger charge is 2.30. The Balaban J connectivity index is 1.69. The van der Waals surface area contributed by atoms with Crippen molar-refractivity contribution in [1.82, 2.24) is 20.1 Å². The first kappa shape index (κ1) is 15.4. The van der Waals surface area contributed by atoms with Crippen LogP contribution in [0, 0.1) is 5.92 Å². The van der Waals surface area contributed by atoms with Crippen LogP contribution in [0.5, 0.6) is 0 Å². The van der Waals surface area contributed by atoms with E-state index in [0.717, 1.165) is 18.4 Å². The number of rotatable bonds is 6. The lowest BCUT2D eigenvalue weighted by Gasteiger charge is -2.15. The average Bonchev–Trinajstić information content (AvgIpc) is 3.49. The van der Waals surface area contributed by atoms with Gasteiger partial charge in [0.2, 0.25) is 5.91 Å². The standard InChI is InChI=1S/C20H22N6O3/c1-3-26-20(29)17-12(9-23-26)6-7-14(17)24-15-8-16(25-18(27)11-4-5-11)22-10-13(15)19(28)21-2/h7-11H,3-6H2,1-2H3,(H,21,28)(H2,22,24,25,27)/i2D3. The highest BCUT2D eigenvalue weighted by Crippen LogP contribution is 2.31. The molecule has 2 aliphatic rings. The number of aromatic nitrogens is 3. The van der Waals surface area contributed by atoms with Gasteiger partial charge in [0.25, 0.3) is 11.5 Å². The average molecular weight is 397 g/mol. The summed E-state index contributed by atoms with van der Waals surface area (Å²) in [5.41, 5.74) is 1.56. The molecule has 4 rings (SSSR count). The zero-order valence-electron chi connectivity index (χ0n) is 18.8. The molecule has 0 saturated heterocycles. The Morgan fingerprint density at radius 3 is 2.90 bits per heavy atom. The zero-order valence-corrected chi connectivity index (χ0v) is 15.8. The number of nitrogens with zero attached hydrogens (tertiary/aromatic N) is 3. The normalized spacial score (nSPS) is 16.7. The van der Waals surface area contributed by atoms with Gasteiger partial charge in [0.05, 0.1) is 23.0 Å². The third-order valence-electron chi connectivity index (χ3n) is 4.95. The van der Waals surface area contributed by atoms with Crippen LogP contribution in [0.1, 0.15) is 45.4 Å². The zero-order chi connectivity index (χ0) is 23.0. The largest absolute Gasteiger partial charge is 0.355 e. The first-order chi connectivity index (χ1) is 15.2. The first-order valence-corrected chi connectivity index (χ1v) is 9.36. The summed E-state index contributed by atoms with van der Waals surface area (Å²) in [6, 6.07) is 1.45. The third-order valence-corrected chi connectivity index (χ3v) is 4.95. The molecule has 150 valence electrons.